The van der Waals surface area contributed by atoms with Gasteiger partial charge in [-0.05, 0) is 36.1 Å². The van der Waals surface area contributed by atoms with Gasteiger partial charge >= 0.3 is 0 Å². The summed E-state index contributed by atoms with van der Waals surface area (Å²) in [6.07, 6.45) is 6.97. The van der Waals surface area contributed by atoms with Gasteiger partial charge in [0, 0.05) is 23.8 Å². The molecule has 0 bridgehead atoms. The van der Waals surface area contributed by atoms with E-state index in [1.165, 1.54) is 17.5 Å². The molecule has 3 nitrogen and oxygen atoms in total. The van der Waals surface area contributed by atoms with Gasteiger partial charge in [0.2, 0.25) is 11.6 Å². The lowest BCUT2D eigenvalue weighted by molar-refractivity contribution is -0.116. The molecule has 3 aromatic carbocycles. The summed E-state index contributed by atoms with van der Waals surface area (Å²) in [5, 5.41) is 7.32. The molecule has 31 heavy (non-hydrogen) atoms. The molecule has 2 heterocycles. The van der Waals surface area contributed by atoms with Gasteiger partial charge in [-0.1, -0.05) is 91.4 Å². The van der Waals surface area contributed by atoms with Gasteiger partial charge in [-0.2, -0.15) is 0 Å². The molecule has 154 valence electrons. The molecule has 0 saturated heterocycles. The Kier molecular flexibility index (Phi) is 4.41. The number of hydrazone groups is 1. The van der Waals surface area contributed by atoms with Crippen LogP contribution in [0.15, 0.2) is 102 Å². The number of rotatable bonds is 3. The Bertz CT molecular complexity index is 1120. The molecular weight excluding hydrogens is 380 g/mol. The van der Waals surface area contributed by atoms with Crippen LogP contribution in [-0.4, -0.2) is 16.6 Å². The highest BCUT2D eigenvalue weighted by Gasteiger charge is 2.58. The quantitative estimate of drug-likeness (QED) is 0.502. The molecule has 3 heteroatoms. The van der Waals surface area contributed by atoms with E-state index in [4.69, 9.17) is 9.84 Å². The van der Waals surface area contributed by atoms with E-state index in [-0.39, 0.29) is 0 Å². The van der Waals surface area contributed by atoms with Gasteiger partial charge in [-0.25, -0.2) is 5.01 Å². The molecule has 0 radical (unpaired) electrons. The van der Waals surface area contributed by atoms with Crippen LogP contribution < -0.4 is 0 Å². The molecule has 2 aliphatic heterocycles. The number of ether oxygens (including phenoxy) is 1. The molecule has 1 aliphatic carbocycles. The maximum atomic E-state index is 6.88. The second-order valence-corrected chi connectivity index (χ2v) is 8.74. The van der Waals surface area contributed by atoms with Crippen LogP contribution in [0.1, 0.15) is 48.3 Å². The lowest BCUT2D eigenvalue weighted by Gasteiger charge is -2.51. The maximum Gasteiger partial charge on any atom is 0.240 e. The topological polar surface area (TPSA) is 24.8 Å². The fourth-order valence-electron chi connectivity index (χ4n) is 5.55. The van der Waals surface area contributed by atoms with Gasteiger partial charge in [0.15, 0.2) is 0 Å². The third-order valence-corrected chi connectivity index (χ3v) is 6.98. The molecule has 3 aliphatic rings. The predicted octanol–water partition coefficient (Wildman–Crippen LogP) is 6.41. The summed E-state index contributed by atoms with van der Waals surface area (Å²) < 4.78 is 6.88. The van der Waals surface area contributed by atoms with E-state index >= 15 is 0 Å². The molecule has 1 saturated carbocycles. The first-order chi connectivity index (χ1) is 15.4. The standard InChI is InChI=1S/C28H26N2O/c1-4-12-21(13-5-1)24-20-26(22-14-6-2-7-15-22)30-28(19-11-10-18-25(24)28)31-27(29-30)23-16-8-3-9-17-23/h1-9,12-17,20,24-25H,10-11,18-19H2/t24-,25-,28+/m0/s1. The third kappa shape index (κ3) is 2.99. The molecule has 6 rings (SSSR count). The number of hydrogen-bond donors (Lipinski definition) is 0. The van der Waals surface area contributed by atoms with Crippen molar-refractivity contribution >= 4 is 11.6 Å². The van der Waals surface area contributed by atoms with Crippen molar-refractivity contribution in [1.82, 2.24) is 5.01 Å². The second-order valence-electron chi connectivity index (χ2n) is 8.74. The summed E-state index contributed by atoms with van der Waals surface area (Å²) >= 11 is 0. The number of allylic oxidation sites excluding steroid dienone is 1. The average molecular weight is 407 g/mol. The zero-order valence-electron chi connectivity index (χ0n) is 17.5. The smallest absolute Gasteiger partial charge is 0.240 e. The van der Waals surface area contributed by atoms with Gasteiger partial charge in [0.25, 0.3) is 0 Å². The summed E-state index contributed by atoms with van der Waals surface area (Å²) in [6.45, 7) is 0. The SMILES string of the molecule is C1=C(c2ccccc2)N2N=C(c3ccccc3)O[C@@]23CCCC[C@H]3[C@@H]1c1ccccc1. The molecule has 0 aromatic heterocycles. The van der Waals surface area contributed by atoms with Crippen molar-refractivity contribution in [3.8, 4) is 0 Å². The Morgan fingerprint density at radius 2 is 1.42 bits per heavy atom. The second kappa shape index (κ2) is 7.42. The van der Waals surface area contributed by atoms with E-state index in [2.05, 4.69) is 96.0 Å². The van der Waals surface area contributed by atoms with E-state index in [0.717, 1.165) is 36.4 Å². The van der Waals surface area contributed by atoms with E-state index in [9.17, 15) is 0 Å². The average Bonchev–Trinajstić information content (AvgIpc) is 3.24. The third-order valence-electron chi connectivity index (χ3n) is 6.98. The van der Waals surface area contributed by atoms with Gasteiger partial charge in [-0.15, -0.1) is 5.10 Å². The van der Waals surface area contributed by atoms with Gasteiger partial charge in [0.1, 0.15) is 0 Å². The van der Waals surface area contributed by atoms with Crippen molar-refractivity contribution in [3.63, 3.8) is 0 Å². The largest absolute Gasteiger partial charge is 0.447 e. The van der Waals surface area contributed by atoms with Crippen LogP contribution in [0.25, 0.3) is 5.70 Å². The molecule has 3 aromatic rings. The zero-order chi connectivity index (χ0) is 20.7. The first-order valence-electron chi connectivity index (χ1n) is 11.3. The highest BCUT2D eigenvalue weighted by molar-refractivity contribution is 5.96. The Hall–Kier alpha value is -3.33. The Labute approximate surface area is 183 Å². The molecule has 0 N–H and O–H groups in total. The van der Waals surface area contributed by atoms with Gasteiger partial charge < -0.3 is 4.74 Å². The van der Waals surface area contributed by atoms with Crippen molar-refractivity contribution in [2.24, 2.45) is 11.0 Å². The minimum Gasteiger partial charge on any atom is -0.447 e. The van der Waals surface area contributed by atoms with E-state index in [1.54, 1.807) is 0 Å². The summed E-state index contributed by atoms with van der Waals surface area (Å²) in [5.74, 6) is 1.40. The van der Waals surface area contributed by atoms with Gasteiger partial charge in [-0.3, -0.25) is 0 Å². The van der Waals surface area contributed by atoms with Crippen molar-refractivity contribution in [2.75, 3.05) is 0 Å². The Morgan fingerprint density at radius 1 is 0.774 bits per heavy atom. The fourth-order valence-corrected chi connectivity index (χ4v) is 5.55. The van der Waals surface area contributed by atoms with Crippen LogP contribution in [-0.2, 0) is 4.74 Å². The lowest BCUT2D eigenvalue weighted by Crippen LogP contribution is -2.55. The molecular formula is C28H26N2O. The number of nitrogens with zero attached hydrogens (tertiary/aromatic N) is 2. The van der Waals surface area contributed by atoms with E-state index < -0.39 is 5.72 Å². The van der Waals surface area contributed by atoms with Crippen LogP contribution >= 0.6 is 0 Å². The number of hydrogen-bond acceptors (Lipinski definition) is 3. The van der Waals surface area contributed by atoms with Crippen LogP contribution in [0.3, 0.4) is 0 Å². The summed E-state index contributed by atoms with van der Waals surface area (Å²) in [4.78, 5) is 0. The Morgan fingerprint density at radius 3 is 2.13 bits per heavy atom. The fraction of sp³-hybridized carbons (Fsp3) is 0.250. The zero-order valence-corrected chi connectivity index (χ0v) is 17.5. The minimum atomic E-state index is -0.427. The van der Waals surface area contributed by atoms with E-state index in [1.807, 2.05) is 6.07 Å². The molecule has 1 spiro atoms. The molecule has 0 amide bonds. The van der Waals surface area contributed by atoms with Crippen LogP contribution in [0.5, 0.6) is 0 Å². The summed E-state index contributed by atoms with van der Waals surface area (Å²) in [6, 6.07) is 31.9. The highest BCUT2D eigenvalue weighted by Crippen LogP contribution is 2.55. The normalized spacial score (nSPS) is 26.9. The van der Waals surface area contributed by atoms with Crippen molar-refractivity contribution in [1.29, 1.82) is 0 Å². The first kappa shape index (κ1) is 18.4. The van der Waals surface area contributed by atoms with Crippen molar-refractivity contribution < 1.29 is 4.74 Å². The van der Waals surface area contributed by atoms with E-state index in [0.29, 0.717) is 11.8 Å². The number of benzene rings is 3. The van der Waals surface area contributed by atoms with Crippen LogP contribution in [0.4, 0.5) is 0 Å². The first-order valence-corrected chi connectivity index (χ1v) is 11.3. The van der Waals surface area contributed by atoms with Crippen molar-refractivity contribution in [3.05, 3.63) is 114 Å². The summed E-state index contributed by atoms with van der Waals surface area (Å²) in [5.41, 5.74) is 4.31. The molecule has 1 fully saturated rings. The van der Waals surface area contributed by atoms with Crippen LogP contribution in [0.2, 0.25) is 0 Å². The lowest BCUT2D eigenvalue weighted by atomic mass is 9.68. The predicted molar refractivity (Wildman–Crippen MR) is 124 cm³/mol. The van der Waals surface area contributed by atoms with Crippen molar-refractivity contribution in [2.45, 2.75) is 37.3 Å². The molecule has 0 unspecified atom stereocenters. The maximum absolute atomic E-state index is 6.88. The van der Waals surface area contributed by atoms with Gasteiger partial charge in [0.05, 0.1) is 5.70 Å². The van der Waals surface area contributed by atoms with Crippen LogP contribution in [0, 0.1) is 5.92 Å². The Balaban J connectivity index is 1.53. The highest BCUT2D eigenvalue weighted by atomic mass is 16.6. The minimum absolute atomic E-state index is 0.304. The summed E-state index contributed by atoms with van der Waals surface area (Å²) in [7, 11) is 0. The molecule has 3 atom stereocenters. The monoisotopic (exact) mass is 406 g/mol.